The van der Waals surface area contributed by atoms with E-state index in [1.807, 2.05) is 0 Å². The second-order valence-electron chi connectivity index (χ2n) is 5.76. The summed E-state index contributed by atoms with van der Waals surface area (Å²) in [6, 6.07) is 3.28. The van der Waals surface area contributed by atoms with E-state index in [0.717, 1.165) is 31.4 Å². The highest BCUT2D eigenvalue weighted by atomic mass is 19.4. The van der Waals surface area contributed by atoms with Gasteiger partial charge in [-0.1, -0.05) is 19.4 Å². The Morgan fingerprint density at radius 1 is 1.25 bits per heavy atom. The van der Waals surface area contributed by atoms with E-state index in [0.29, 0.717) is 18.0 Å². The first-order valence-corrected chi connectivity index (χ1v) is 6.89. The summed E-state index contributed by atoms with van der Waals surface area (Å²) in [6.45, 7) is 2.60. The predicted octanol–water partition coefficient (Wildman–Crippen LogP) is 4.32. The number of hydrogen-bond acceptors (Lipinski definition) is 1. The van der Waals surface area contributed by atoms with E-state index in [-0.39, 0.29) is 11.8 Å². The van der Waals surface area contributed by atoms with Crippen LogP contribution in [0, 0.1) is 17.7 Å². The molecule has 1 aliphatic rings. The van der Waals surface area contributed by atoms with Gasteiger partial charge in [0.25, 0.3) is 0 Å². The topological polar surface area (TPSA) is 26.0 Å². The minimum atomic E-state index is -4.64. The highest BCUT2D eigenvalue weighted by Gasteiger charge is 2.35. The molecule has 1 aliphatic carbocycles. The smallest absolute Gasteiger partial charge is 0.330 e. The van der Waals surface area contributed by atoms with Crippen LogP contribution in [0.25, 0.3) is 0 Å². The summed E-state index contributed by atoms with van der Waals surface area (Å²) in [5.74, 6) is -0.417. The molecule has 0 bridgehead atoms. The molecule has 1 aromatic carbocycles. The van der Waals surface area contributed by atoms with Crippen molar-refractivity contribution in [2.45, 2.75) is 38.3 Å². The lowest BCUT2D eigenvalue weighted by molar-refractivity contribution is -0.140. The second-order valence-corrected chi connectivity index (χ2v) is 5.76. The zero-order chi connectivity index (χ0) is 14.9. The number of benzene rings is 1. The average molecular weight is 289 g/mol. The van der Waals surface area contributed by atoms with Gasteiger partial charge in [0.2, 0.25) is 0 Å². The monoisotopic (exact) mass is 289 g/mol. The van der Waals surface area contributed by atoms with Gasteiger partial charge >= 0.3 is 6.18 Å². The van der Waals surface area contributed by atoms with Crippen molar-refractivity contribution in [1.29, 1.82) is 0 Å². The van der Waals surface area contributed by atoms with Crippen LogP contribution in [0.5, 0.6) is 0 Å². The van der Waals surface area contributed by atoms with Crippen LogP contribution >= 0.6 is 0 Å². The lowest BCUT2D eigenvalue weighted by Crippen LogP contribution is -2.28. The Kier molecular flexibility index (Phi) is 4.37. The van der Waals surface area contributed by atoms with Crippen molar-refractivity contribution < 1.29 is 17.6 Å². The summed E-state index contributed by atoms with van der Waals surface area (Å²) < 4.78 is 51.4. The molecule has 1 nitrogen and oxygen atoms in total. The number of halogens is 4. The van der Waals surface area contributed by atoms with Crippen molar-refractivity contribution in [3.05, 3.63) is 35.1 Å². The Morgan fingerprint density at radius 2 is 1.95 bits per heavy atom. The molecule has 0 heterocycles. The molecule has 1 fully saturated rings. The minimum absolute atomic E-state index is 0.0560. The first-order chi connectivity index (χ1) is 9.32. The molecule has 2 rings (SSSR count). The molecule has 0 aromatic heterocycles. The van der Waals surface area contributed by atoms with Gasteiger partial charge in [-0.15, -0.1) is 0 Å². The Labute approximate surface area is 116 Å². The lowest BCUT2D eigenvalue weighted by Gasteiger charge is -2.34. The zero-order valence-electron chi connectivity index (χ0n) is 11.4. The van der Waals surface area contributed by atoms with E-state index in [2.05, 4.69) is 6.92 Å². The first-order valence-electron chi connectivity index (χ1n) is 6.89. The normalized spacial score (nSPS) is 27.6. The van der Waals surface area contributed by atoms with Gasteiger partial charge < -0.3 is 5.73 Å². The van der Waals surface area contributed by atoms with E-state index < -0.39 is 17.6 Å². The van der Waals surface area contributed by atoms with Crippen molar-refractivity contribution in [3.63, 3.8) is 0 Å². The second kappa shape index (κ2) is 5.72. The van der Waals surface area contributed by atoms with Gasteiger partial charge in [0.05, 0.1) is 5.56 Å². The van der Waals surface area contributed by atoms with Gasteiger partial charge in [-0.05, 0) is 54.8 Å². The SMILES string of the molecule is CC1CCC(CN)C(c2ccc(C(F)(F)F)c(F)c2)C1. The van der Waals surface area contributed by atoms with Crippen molar-refractivity contribution in [2.24, 2.45) is 17.6 Å². The predicted molar refractivity (Wildman–Crippen MR) is 69.7 cm³/mol. The third-order valence-corrected chi connectivity index (χ3v) is 4.29. The van der Waals surface area contributed by atoms with Crippen LogP contribution in [-0.4, -0.2) is 6.54 Å². The molecule has 0 saturated heterocycles. The molecule has 5 heteroatoms. The summed E-state index contributed by atoms with van der Waals surface area (Å²) in [5.41, 5.74) is 5.18. The Balaban J connectivity index is 2.30. The summed E-state index contributed by atoms with van der Waals surface area (Å²) in [5, 5.41) is 0. The molecule has 112 valence electrons. The third-order valence-electron chi connectivity index (χ3n) is 4.29. The fourth-order valence-electron chi connectivity index (χ4n) is 3.13. The van der Waals surface area contributed by atoms with Crippen LogP contribution in [-0.2, 0) is 6.18 Å². The molecule has 3 unspecified atom stereocenters. The fourth-order valence-corrected chi connectivity index (χ4v) is 3.13. The molecule has 1 aromatic rings. The molecule has 0 spiro atoms. The van der Waals surface area contributed by atoms with Crippen molar-refractivity contribution in [3.8, 4) is 0 Å². The molecule has 0 radical (unpaired) electrons. The van der Waals surface area contributed by atoms with Crippen molar-refractivity contribution >= 4 is 0 Å². The van der Waals surface area contributed by atoms with Crippen LogP contribution in [0.1, 0.15) is 43.2 Å². The molecular formula is C15H19F4N. The highest BCUT2D eigenvalue weighted by molar-refractivity contribution is 5.29. The van der Waals surface area contributed by atoms with Gasteiger partial charge in [-0.2, -0.15) is 13.2 Å². The summed E-state index contributed by atoms with van der Waals surface area (Å²) in [4.78, 5) is 0. The Hall–Kier alpha value is -1.10. The van der Waals surface area contributed by atoms with E-state index in [1.165, 1.54) is 6.07 Å². The molecule has 0 amide bonds. The first kappa shape index (κ1) is 15.3. The number of alkyl halides is 3. The molecule has 2 N–H and O–H groups in total. The fraction of sp³-hybridized carbons (Fsp3) is 0.600. The standard InChI is InChI=1S/C15H19F4N/c1-9-2-3-11(8-20)12(6-9)10-4-5-13(14(16)7-10)15(17,18)19/h4-5,7,9,11-12H,2-3,6,8,20H2,1H3. The van der Waals surface area contributed by atoms with E-state index in [4.69, 9.17) is 5.73 Å². The van der Waals surface area contributed by atoms with E-state index in [1.54, 1.807) is 0 Å². The Morgan fingerprint density at radius 3 is 2.50 bits per heavy atom. The van der Waals surface area contributed by atoms with Gasteiger partial charge in [-0.3, -0.25) is 0 Å². The van der Waals surface area contributed by atoms with Gasteiger partial charge in [0, 0.05) is 0 Å². The van der Waals surface area contributed by atoms with Crippen LogP contribution in [0.3, 0.4) is 0 Å². The van der Waals surface area contributed by atoms with Crippen molar-refractivity contribution in [1.82, 2.24) is 0 Å². The molecule has 0 aliphatic heterocycles. The maximum Gasteiger partial charge on any atom is 0.419 e. The third kappa shape index (κ3) is 3.14. The van der Waals surface area contributed by atoms with Gasteiger partial charge in [0.15, 0.2) is 0 Å². The number of hydrogen-bond donors (Lipinski definition) is 1. The van der Waals surface area contributed by atoms with Crippen LogP contribution in [0.2, 0.25) is 0 Å². The zero-order valence-corrected chi connectivity index (χ0v) is 11.4. The molecule has 3 atom stereocenters. The van der Waals surface area contributed by atoms with E-state index >= 15 is 0 Å². The van der Waals surface area contributed by atoms with Gasteiger partial charge in [-0.25, -0.2) is 4.39 Å². The van der Waals surface area contributed by atoms with E-state index in [9.17, 15) is 17.6 Å². The Bertz CT molecular complexity index is 469. The molecular weight excluding hydrogens is 270 g/mol. The molecule has 20 heavy (non-hydrogen) atoms. The average Bonchev–Trinajstić information content (AvgIpc) is 2.37. The highest BCUT2D eigenvalue weighted by Crippen LogP contribution is 2.41. The summed E-state index contributed by atoms with van der Waals surface area (Å²) in [6.07, 6.45) is -1.77. The lowest BCUT2D eigenvalue weighted by atomic mass is 9.71. The number of rotatable bonds is 2. The minimum Gasteiger partial charge on any atom is -0.330 e. The van der Waals surface area contributed by atoms with Crippen LogP contribution < -0.4 is 5.73 Å². The quantitative estimate of drug-likeness (QED) is 0.806. The van der Waals surface area contributed by atoms with Gasteiger partial charge in [0.1, 0.15) is 5.82 Å². The summed E-state index contributed by atoms with van der Waals surface area (Å²) >= 11 is 0. The maximum atomic E-state index is 13.7. The maximum absolute atomic E-state index is 13.7. The summed E-state index contributed by atoms with van der Waals surface area (Å²) in [7, 11) is 0. The van der Waals surface area contributed by atoms with Crippen molar-refractivity contribution in [2.75, 3.05) is 6.54 Å². The van der Waals surface area contributed by atoms with Crippen LogP contribution in [0.15, 0.2) is 18.2 Å². The van der Waals surface area contributed by atoms with Crippen LogP contribution in [0.4, 0.5) is 17.6 Å². The largest absolute Gasteiger partial charge is 0.419 e. The number of nitrogens with two attached hydrogens (primary N) is 1. The molecule has 1 saturated carbocycles.